The van der Waals surface area contributed by atoms with E-state index in [1.807, 2.05) is 29.2 Å². The molecule has 0 aliphatic carbocycles. The maximum absolute atomic E-state index is 4.49. The maximum atomic E-state index is 4.49. The number of anilines is 1. The highest BCUT2D eigenvalue weighted by molar-refractivity contribution is 5.68. The number of aromatic nitrogens is 3. The highest BCUT2D eigenvalue weighted by Crippen LogP contribution is 2.20. The minimum atomic E-state index is 0.474. The van der Waals surface area contributed by atoms with Crippen molar-refractivity contribution in [2.45, 2.75) is 13.0 Å². The zero-order valence-electron chi connectivity index (χ0n) is 9.30. The topological polar surface area (TPSA) is 45.5 Å². The van der Waals surface area contributed by atoms with Crippen LogP contribution in [0.3, 0.4) is 0 Å². The Balaban J connectivity index is 2.07. The maximum Gasteiger partial charge on any atom is 0.155 e. The molecule has 1 fully saturated rings. The molecule has 0 spiro atoms. The van der Waals surface area contributed by atoms with Crippen LogP contribution < -0.4 is 10.2 Å². The van der Waals surface area contributed by atoms with Gasteiger partial charge in [-0.15, -0.1) is 0 Å². The summed E-state index contributed by atoms with van der Waals surface area (Å²) in [6, 6.07) is 2.49. The van der Waals surface area contributed by atoms with Gasteiger partial charge < -0.3 is 10.2 Å². The number of nitrogens with zero attached hydrogens (tertiary/aromatic N) is 4. The van der Waals surface area contributed by atoms with E-state index in [9.17, 15) is 0 Å². The Hall–Kier alpha value is -1.62. The number of nitrogens with one attached hydrogen (secondary N) is 1. The Labute approximate surface area is 94.1 Å². The fraction of sp³-hybridized carbons (Fsp3) is 0.455. The van der Waals surface area contributed by atoms with E-state index < -0.39 is 0 Å². The Morgan fingerprint density at radius 3 is 3.25 bits per heavy atom. The van der Waals surface area contributed by atoms with Crippen molar-refractivity contribution in [3.63, 3.8) is 0 Å². The number of fused-ring (bicyclic) bond motifs is 1. The lowest BCUT2D eigenvalue weighted by Gasteiger charge is -2.35. The number of hydrogen-bond donors (Lipinski definition) is 1. The fourth-order valence-corrected chi connectivity index (χ4v) is 2.22. The van der Waals surface area contributed by atoms with E-state index in [0.29, 0.717) is 6.04 Å². The second-order valence-electron chi connectivity index (χ2n) is 4.16. The molecule has 3 rings (SSSR count). The predicted molar refractivity (Wildman–Crippen MR) is 62.7 cm³/mol. The van der Waals surface area contributed by atoms with Gasteiger partial charge in [-0.05, 0) is 13.0 Å². The standard InChI is InChI=1S/C11H15N5/c1-9-8-12-4-6-15(9)11-10-2-3-14-16(10)7-5-13-11/h2-3,5,7,9,12H,4,6,8H2,1H3. The third-order valence-electron chi connectivity index (χ3n) is 3.08. The Morgan fingerprint density at radius 1 is 1.44 bits per heavy atom. The van der Waals surface area contributed by atoms with E-state index in [2.05, 4.69) is 27.2 Å². The third kappa shape index (κ3) is 1.44. The highest BCUT2D eigenvalue weighted by atomic mass is 15.3. The van der Waals surface area contributed by atoms with Crippen LogP contribution in [0.1, 0.15) is 6.92 Å². The van der Waals surface area contributed by atoms with Crippen molar-refractivity contribution in [3.8, 4) is 0 Å². The molecule has 5 heteroatoms. The zero-order valence-corrected chi connectivity index (χ0v) is 9.30. The van der Waals surface area contributed by atoms with Crippen molar-refractivity contribution in [2.75, 3.05) is 24.5 Å². The van der Waals surface area contributed by atoms with Gasteiger partial charge in [0.05, 0.1) is 6.20 Å². The summed E-state index contributed by atoms with van der Waals surface area (Å²) >= 11 is 0. The van der Waals surface area contributed by atoms with Crippen molar-refractivity contribution in [1.29, 1.82) is 0 Å². The van der Waals surface area contributed by atoms with Gasteiger partial charge in [0, 0.05) is 38.1 Å². The molecule has 1 aliphatic rings. The van der Waals surface area contributed by atoms with Gasteiger partial charge in [-0.3, -0.25) is 0 Å². The van der Waals surface area contributed by atoms with Crippen LogP contribution >= 0.6 is 0 Å². The van der Waals surface area contributed by atoms with E-state index >= 15 is 0 Å². The van der Waals surface area contributed by atoms with Crippen molar-refractivity contribution in [2.24, 2.45) is 0 Å². The molecular weight excluding hydrogens is 202 g/mol. The molecule has 16 heavy (non-hydrogen) atoms. The van der Waals surface area contributed by atoms with Gasteiger partial charge in [0.25, 0.3) is 0 Å². The second kappa shape index (κ2) is 3.75. The first kappa shape index (κ1) is 9.59. The molecule has 3 heterocycles. The molecule has 2 aromatic heterocycles. The van der Waals surface area contributed by atoms with E-state index in [1.165, 1.54) is 0 Å². The smallest absolute Gasteiger partial charge is 0.155 e. The molecule has 0 aromatic carbocycles. The monoisotopic (exact) mass is 217 g/mol. The van der Waals surface area contributed by atoms with E-state index in [4.69, 9.17) is 0 Å². The van der Waals surface area contributed by atoms with Gasteiger partial charge in [0.1, 0.15) is 5.52 Å². The van der Waals surface area contributed by atoms with Gasteiger partial charge in [-0.1, -0.05) is 0 Å². The van der Waals surface area contributed by atoms with Crippen molar-refractivity contribution >= 4 is 11.3 Å². The lowest BCUT2D eigenvalue weighted by atomic mass is 10.2. The second-order valence-corrected chi connectivity index (χ2v) is 4.16. The fourth-order valence-electron chi connectivity index (χ4n) is 2.22. The Morgan fingerprint density at radius 2 is 2.38 bits per heavy atom. The minimum absolute atomic E-state index is 0.474. The van der Waals surface area contributed by atoms with Crippen LogP contribution in [0.15, 0.2) is 24.7 Å². The van der Waals surface area contributed by atoms with Crippen LogP contribution in [-0.2, 0) is 0 Å². The molecular formula is C11H15N5. The summed E-state index contributed by atoms with van der Waals surface area (Å²) in [5.41, 5.74) is 1.08. The van der Waals surface area contributed by atoms with E-state index in [0.717, 1.165) is 31.0 Å². The first-order valence-electron chi connectivity index (χ1n) is 5.62. The summed E-state index contributed by atoms with van der Waals surface area (Å²) in [4.78, 5) is 6.83. The molecule has 84 valence electrons. The van der Waals surface area contributed by atoms with E-state index in [-0.39, 0.29) is 0 Å². The third-order valence-corrected chi connectivity index (χ3v) is 3.08. The molecule has 1 unspecified atom stereocenters. The first-order valence-corrected chi connectivity index (χ1v) is 5.62. The van der Waals surface area contributed by atoms with Crippen molar-refractivity contribution in [1.82, 2.24) is 19.9 Å². The summed E-state index contributed by atoms with van der Waals surface area (Å²) in [5.74, 6) is 1.04. The van der Waals surface area contributed by atoms with Crippen LogP contribution in [-0.4, -0.2) is 40.3 Å². The molecule has 2 aromatic rings. The van der Waals surface area contributed by atoms with Crippen LogP contribution in [0.2, 0.25) is 0 Å². The molecule has 0 radical (unpaired) electrons. The molecule has 1 aliphatic heterocycles. The minimum Gasteiger partial charge on any atom is -0.350 e. The number of piperazine rings is 1. The summed E-state index contributed by atoms with van der Waals surface area (Å²) in [7, 11) is 0. The van der Waals surface area contributed by atoms with Crippen LogP contribution in [0.4, 0.5) is 5.82 Å². The lowest BCUT2D eigenvalue weighted by Crippen LogP contribution is -2.50. The predicted octanol–water partition coefficient (Wildman–Crippen LogP) is 0.527. The van der Waals surface area contributed by atoms with Gasteiger partial charge >= 0.3 is 0 Å². The molecule has 0 saturated carbocycles. The quantitative estimate of drug-likeness (QED) is 0.756. The largest absolute Gasteiger partial charge is 0.350 e. The summed E-state index contributed by atoms with van der Waals surface area (Å²) in [5, 5.41) is 7.62. The van der Waals surface area contributed by atoms with Gasteiger partial charge in [0.2, 0.25) is 0 Å². The number of hydrogen-bond acceptors (Lipinski definition) is 4. The van der Waals surface area contributed by atoms with Crippen molar-refractivity contribution < 1.29 is 0 Å². The highest BCUT2D eigenvalue weighted by Gasteiger charge is 2.21. The van der Waals surface area contributed by atoms with Crippen molar-refractivity contribution in [3.05, 3.63) is 24.7 Å². The SMILES string of the molecule is CC1CNCCN1c1nccn2nccc12. The average Bonchev–Trinajstić information content (AvgIpc) is 2.77. The zero-order chi connectivity index (χ0) is 11.0. The van der Waals surface area contributed by atoms with Crippen LogP contribution in [0, 0.1) is 0 Å². The summed E-state index contributed by atoms with van der Waals surface area (Å²) < 4.78 is 1.87. The van der Waals surface area contributed by atoms with Gasteiger partial charge in [-0.2, -0.15) is 5.10 Å². The summed E-state index contributed by atoms with van der Waals surface area (Å²) in [6.45, 7) is 5.24. The lowest BCUT2D eigenvalue weighted by molar-refractivity contribution is 0.497. The molecule has 1 N–H and O–H groups in total. The van der Waals surface area contributed by atoms with Gasteiger partial charge in [0.15, 0.2) is 5.82 Å². The Kier molecular flexibility index (Phi) is 2.25. The van der Waals surface area contributed by atoms with Crippen LogP contribution in [0.25, 0.3) is 5.52 Å². The van der Waals surface area contributed by atoms with E-state index in [1.54, 1.807) is 0 Å². The summed E-state index contributed by atoms with van der Waals surface area (Å²) in [6.07, 6.45) is 5.50. The molecule has 1 atom stereocenters. The molecule has 0 bridgehead atoms. The molecule has 0 amide bonds. The first-order chi connectivity index (χ1) is 7.86. The molecule has 1 saturated heterocycles. The average molecular weight is 217 g/mol. The normalized spacial score (nSPS) is 21.6. The van der Waals surface area contributed by atoms with Gasteiger partial charge in [-0.25, -0.2) is 9.50 Å². The Bertz CT molecular complexity index is 492. The molecule has 5 nitrogen and oxygen atoms in total. The van der Waals surface area contributed by atoms with Crippen LogP contribution in [0.5, 0.6) is 0 Å². The number of rotatable bonds is 1.